The Labute approximate surface area is 138 Å². The van der Waals surface area contributed by atoms with Crippen LogP contribution in [0.2, 0.25) is 0 Å². The lowest BCUT2D eigenvalue weighted by Crippen LogP contribution is -2.33. The van der Waals surface area contributed by atoms with Gasteiger partial charge in [-0.05, 0) is 32.4 Å². The van der Waals surface area contributed by atoms with Crippen molar-refractivity contribution >= 4 is 23.6 Å². The Morgan fingerprint density at radius 2 is 1.96 bits per heavy atom. The molecule has 1 aliphatic heterocycles. The summed E-state index contributed by atoms with van der Waals surface area (Å²) in [6.07, 6.45) is 1.23. The number of thioether (sulfide) groups is 1. The second-order valence-corrected chi connectivity index (χ2v) is 6.47. The fraction of sp³-hybridized carbons (Fsp3) is 0.375. The number of imide groups is 1. The van der Waals surface area contributed by atoms with Gasteiger partial charge >= 0.3 is 0 Å². The number of hydrogen-bond acceptors (Lipinski definition) is 5. The van der Waals surface area contributed by atoms with Gasteiger partial charge in [-0.1, -0.05) is 29.5 Å². The van der Waals surface area contributed by atoms with E-state index in [4.69, 9.17) is 0 Å². The SMILES string of the molecule is Cc1ccc(-n2c(C)nnc2SCC(=O)N2CCCC2=O)cc1. The molecular weight excluding hydrogens is 312 g/mol. The summed E-state index contributed by atoms with van der Waals surface area (Å²) >= 11 is 1.31. The zero-order chi connectivity index (χ0) is 16.4. The zero-order valence-electron chi connectivity index (χ0n) is 13.2. The van der Waals surface area contributed by atoms with Gasteiger partial charge in [0.15, 0.2) is 5.16 Å². The number of likely N-dealkylation sites (tertiary alicyclic amines) is 1. The molecule has 2 heterocycles. The Morgan fingerprint density at radius 3 is 2.61 bits per heavy atom. The van der Waals surface area contributed by atoms with Crippen molar-refractivity contribution in [2.45, 2.75) is 31.8 Å². The molecule has 23 heavy (non-hydrogen) atoms. The molecule has 0 aliphatic carbocycles. The fourth-order valence-electron chi connectivity index (χ4n) is 2.54. The van der Waals surface area contributed by atoms with Gasteiger partial charge in [0.25, 0.3) is 0 Å². The van der Waals surface area contributed by atoms with Crippen LogP contribution < -0.4 is 0 Å². The van der Waals surface area contributed by atoms with Crippen molar-refractivity contribution in [1.29, 1.82) is 0 Å². The van der Waals surface area contributed by atoms with Crippen molar-refractivity contribution in [3.05, 3.63) is 35.7 Å². The van der Waals surface area contributed by atoms with Crippen molar-refractivity contribution in [3.8, 4) is 5.69 Å². The van der Waals surface area contributed by atoms with E-state index in [0.717, 1.165) is 17.9 Å². The van der Waals surface area contributed by atoms with Gasteiger partial charge in [-0.2, -0.15) is 0 Å². The van der Waals surface area contributed by atoms with E-state index in [9.17, 15) is 9.59 Å². The van der Waals surface area contributed by atoms with Gasteiger partial charge in [-0.25, -0.2) is 0 Å². The number of nitrogens with zero attached hydrogens (tertiary/aromatic N) is 4. The van der Waals surface area contributed by atoms with Gasteiger partial charge in [0.1, 0.15) is 5.82 Å². The van der Waals surface area contributed by atoms with Crippen LogP contribution in [0, 0.1) is 13.8 Å². The zero-order valence-corrected chi connectivity index (χ0v) is 14.0. The third-order valence-corrected chi connectivity index (χ3v) is 4.70. The summed E-state index contributed by atoms with van der Waals surface area (Å²) in [6.45, 7) is 4.44. The maximum Gasteiger partial charge on any atom is 0.239 e. The van der Waals surface area contributed by atoms with Crippen LogP contribution in [0.5, 0.6) is 0 Å². The molecule has 7 heteroatoms. The number of aryl methyl sites for hydroxylation is 2. The summed E-state index contributed by atoms with van der Waals surface area (Å²) in [5, 5.41) is 8.92. The van der Waals surface area contributed by atoms with Gasteiger partial charge in [-0.15, -0.1) is 10.2 Å². The van der Waals surface area contributed by atoms with Crippen LogP contribution in [0.4, 0.5) is 0 Å². The lowest BCUT2D eigenvalue weighted by molar-refractivity contribution is -0.140. The number of amides is 2. The summed E-state index contributed by atoms with van der Waals surface area (Å²) in [7, 11) is 0. The Hall–Kier alpha value is -2.15. The summed E-state index contributed by atoms with van der Waals surface area (Å²) in [5.74, 6) is 0.719. The number of aromatic nitrogens is 3. The molecule has 120 valence electrons. The van der Waals surface area contributed by atoms with E-state index in [-0.39, 0.29) is 17.6 Å². The van der Waals surface area contributed by atoms with Gasteiger partial charge in [0.05, 0.1) is 5.75 Å². The van der Waals surface area contributed by atoms with Crippen molar-refractivity contribution in [2.75, 3.05) is 12.3 Å². The average Bonchev–Trinajstić information content (AvgIpc) is 3.12. The molecule has 0 N–H and O–H groups in total. The monoisotopic (exact) mass is 330 g/mol. The minimum Gasteiger partial charge on any atom is -0.282 e. The highest BCUT2D eigenvalue weighted by Crippen LogP contribution is 2.23. The van der Waals surface area contributed by atoms with Crippen LogP contribution in [0.1, 0.15) is 24.2 Å². The van der Waals surface area contributed by atoms with Gasteiger partial charge < -0.3 is 0 Å². The van der Waals surface area contributed by atoms with E-state index in [2.05, 4.69) is 10.2 Å². The second-order valence-electron chi connectivity index (χ2n) is 5.53. The number of hydrogen-bond donors (Lipinski definition) is 0. The fourth-order valence-corrected chi connectivity index (χ4v) is 3.42. The highest BCUT2D eigenvalue weighted by atomic mass is 32.2. The van der Waals surface area contributed by atoms with E-state index in [0.29, 0.717) is 18.1 Å². The summed E-state index contributed by atoms with van der Waals surface area (Å²) in [6, 6.07) is 8.05. The quantitative estimate of drug-likeness (QED) is 0.803. The molecule has 3 rings (SSSR count). The topological polar surface area (TPSA) is 68.1 Å². The predicted octanol–water partition coefficient (Wildman–Crippen LogP) is 2.13. The number of carbonyl (C=O) groups is 2. The Kier molecular flexibility index (Phi) is 4.47. The first kappa shape index (κ1) is 15.7. The molecular formula is C16H18N4O2S. The molecule has 0 radical (unpaired) electrons. The van der Waals surface area contributed by atoms with E-state index in [1.54, 1.807) is 0 Å². The maximum atomic E-state index is 12.2. The van der Waals surface area contributed by atoms with Crippen LogP contribution >= 0.6 is 11.8 Å². The smallest absolute Gasteiger partial charge is 0.239 e. The van der Waals surface area contributed by atoms with Crippen LogP contribution in [-0.4, -0.2) is 43.8 Å². The Morgan fingerprint density at radius 1 is 1.22 bits per heavy atom. The molecule has 1 fully saturated rings. The molecule has 2 aromatic rings. The van der Waals surface area contributed by atoms with Crippen LogP contribution in [0.15, 0.2) is 29.4 Å². The maximum absolute atomic E-state index is 12.2. The summed E-state index contributed by atoms with van der Waals surface area (Å²) in [4.78, 5) is 25.1. The molecule has 6 nitrogen and oxygen atoms in total. The Balaban J connectivity index is 1.75. The van der Waals surface area contributed by atoms with Crippen molar-refractivity contribution < 1.29 is 9.59 Å². The lowest BCUT2D eigenvalue weighted by Gasteiger charge is -2.13. The van der Waals surface area contributed by atoms with Crippen molar-refractivity contribution in [1.82, 2.24) is 19.7 Å². The molecule has 0 saturated carbocycles. The van der Waals surface area contributed by atoms with Crippen molar-refractivity contribution in [3.63, 3.8) is 0 Å². The van der Waals surface area contributed by atoms with E-state index in [1.807, 2.05) is 42.7 Å². The molecule has 0 spiro atoms. The first-order valence-corrected chi connectivity index (χ1v) is 8.50. The molecule has 1 saturated heterocycles. The molecule has 1 aliphatic rings. The van der Waals surface area contributed by atoms with Crippen molar-refractivity contribution in [2.24, 2.45) is 0 Å². The lowest BCUT2D eigenvalue weighted by atomic mass is 10.2. The van der Waals surface area contributed by atoms with Crippen LogP contribution in [0.3, 0.4) is 0 Å². The minimum atomic E-state index is -0.159. The van der Waals surface area contributed by atoms with Gasteiger partial charge in [0, 0.05) is 18.7 Å². The van der Waals surface area contributed by atoms with E-state index < -0.39 is 0 Å². The number of rotatable bonds is 4. The molecule has 0 bridgehead atoms. The average molecular weight is 330 g/mol. The number of carbonyl (C=O) groups excluding carboxylic acids is 2. The summed E-state index contributed by atoms with van der Waals surface area (Å²) in [5.41, 5.74) is 2.14. The molecule has 1 aromatic heterocycles. The normalized spacial score (nSPS) is 14.5. The van der Waals surface area contributed by atoms with Gasteiger partial charge in [0.2, 0.25) is 11.8 Å². The highest BCUT2D eigenvalue weighted by molar-refractivity contribution is 7.99. The standard InChI is InChI=1S/C16H18N4O2S/c1-11-5-7-13(8-6-11)20-12(2)17-18-16(20)23-10-15(22)19-9-3-4-14(19)21/h5-8H,3-4,9-10H2,1-2H3. The molecule has 2 amide bonds. The highest BCUT2D eigenvalue weighted by Gasteiger charge is 2.26. The molecule has 1 aromatic carbocycles. The Bertz CT molecular complexity index is 739. The summed E-state index contributed by atoms with van der Waals surface area (Å²) < 4.78 is 1.92. The largest absolute Gasteiger partial charge is 0.282 e. The second kappa shape index (κ2) is 6.54. The third kappa shape index (κ3) is 3.29. The first-order valence-electron chi connectivity index (χ1n) is 7.51. The third-order valence-electron chi connectivity index (χ3n) is 3.79. The van der Waals surface area contributed by atoms with Crippen LogP contribution in [-0.2, 0) is 9.59 Å². The van der Waals surface area contributed by atoms with Gasteiger partial charge in [-0.3, -0.25) is 19.1 Å². The van der Waals surface area contributed by atoms with Crippen LogP contribution in [0.25, 0.3) is 5.69 Å². The van der Waals surface area contributed by atoms with E-state index in [1.165, 1.54) is 22.2 Å². The molecule has 0 atom stereocenters. The molecule has 0 unspecified atom stereocenters. The number of benzene rings is 1. The van der Waals surface area contributed by atoms with E-state index >= 15 is 0 Å². The minimum absolute atomic E-state index is 0.0771. The first-order chi connectivity index (χ1) is 11.1. The predicted molar refractivity (Wildman–Crippen MR) is 87.5 cm³/mol.